The van der Waals surface area contributed by atoms with Crippen LogP contribution in [0.5, 0.6) is 0 Å². The lowest BCUT2D eigenvalue weighted by Crippen LogP contribution is -2.40. The van der Waals surface area contributed by atoms with Crippen LogP contribution in [0.1, 0.15) is 26.3 Å². The van der Waals surface area contributed by atoms with Crippen molar-refractivity contribution in [1.82, 2.24) is 0 Å². The molecule has 1 rings (SSSR count). The zero-order valence-electron chi connectivity index (χ0n) is 8.52. The maximum atomic E-state index is 12.6. The fourth-order valence-electron chi connectivity index (χ4n) is 1.47. The van der Waals surface area contributed by atoms with Gasteiger partial charge < -0.3 is 12.9 Å². The summed E-state index contributed by atoms with van der Waals surface area (Å²) in [5, 5.41) is 0. The number of rotatable bonds is 1. The highest BCUT2D eigenvalue weighted by molar-refractivity contribution is 6.74. The first-order valence-electron chi connectivity index (χ1n) is 4.52. The third kappa shape index (κ3) is 2.31. The highest BCUT2D eigenvalue weighted by atomic mass is 19.4. The summed E-state index contributed by atoms with van der Waals surface area (Å²) in [6.07, 6.45) is 0. The van der Waals surface area contributed by atoms with Gasteiger partial charge in [0.05, 0.1) is 0 Å². The first kappa shape index (κ1) is 11.2. The van der Waals surface area contributed by atoms with Crippen LogP contribution in [0.2, 0.25) is 0 Å². The molecule has 1 aromatic carbocycles. The predicted molar refractivity (Wildman–Crippen MR) is 53.9 cm³/mol. The minimum atomic E-state index is -4.90. The van der Waals surface area contributed by atoms with Crippen LogP contribution in [-0.4, -0.2) is 6.98 Å². The molecule has 0 amide bonds. The predicted octanol–water partition coefficient (Wildman–Crippen LogP) is 3.04. The minimum absolute atomic E-state index is 0.368. The summed E-state index contributed by atoms with van der Waals surface area (Å²) in [5.74, 6) is 0. The molecular formula is C10H13BF3-. The van der Waals surface area contributed by atoms with E-state index in [2.05, 4.69) is 0 Å². The van der Waals surface area contributed by atoms with Gasteiger partial charge in [0, 0.05) is 0 Å². The van der Waals surface area contributed by atoms with E-state index < -0.39 is 17.9 Å². The molecule has 0 saturated heterocycles. The zero-order valence-corrected chi connectivity index (χ0v) is 8.52. The van der Waals surface area contributed by atoms with Gasteiger partial charge in [-0.2, -0.15) is 0 Å². The molecule has 0 heterocycles. The van der Waals surface area contributed by atoms with Crippen LogP contribution >= 0.6 is 0 Å². The van der Waals surface area contributed by atoms with E-state index in [9.17, 15) is 12.9 Å². The summed E-state index contributed by atoms with van der Waals surface area (Å²) in [5.41, 5.74) is -0.569. The van der Waals surface area contributed by atoms with Crippen molar-refractivity contribution in [3.63, 3.8) is 0 Å². The van der Waals surface area contributed by atoms with E-state index in [1.54, 1.807) is 32.9 Å². The maximum Gasteiger partial charge on any atom is 0.509 e. The van der Waals surface area contributed by atoms with Crippen molar-refractivity contribution < 1.29 is 12.9 Å². The average Bonchev–Trinajstić information content (AvgIpc) is 2.01. The van der Waals surface area contributed by atoms with Crippen molar-refractivity contribution in [3.05, 3.63) is 29.8 Å². The third-order valence-electron chi connectivity index (χ3n) is 2.12. The van der Waals surface area contributed by atoms with Crippen molar-refractivity contribution in [2.24, 2.45) is 0 Å². The van der Waals surface area contributed by atoms with Crippen molar-refractivity contribution in [2.45, 2.75) is 26.2 Å². The van der Waals surface area contributed by atoms with Gasteiger partial charge in [-0.15, -0.1) is 5.46 Å². The Kier molecular flexibility index (Phi) is 2.66. The Hall–Kier alpha value is -0.925. The molecule has 0 aliphatic heterocycles. The molecule has 0 unspecified atom stereocenters. The molecule has 0 aromatic heterocycles. The van der Waals surface area contributed by atoms with E-state index in [0.29, 0.717) is 5.56 Å². The average molecular weight is 201 g/mol. The fourth-order valence-corrected chi connectivity index (χ4v) is 1.47. The van der Waals surface area contributed by atoms with E-state index in [4.69, 9.17) is 0 Å². The molecule has 0 nitrogen and oxygen atoms in total. The van der Waals surface area contributed by atoms with Gasteiger partial charge in [-0.05, 0) is 5.41 Å². The lowest BCUT2D eigenvalue weighted by Gasteiger charge is -2.28. The molecular weight excluding hydrogens is 188 g/mol. The number of hydrogen-bond acceptors (Lipinski definition) is 0. The first-order valence-corrected chi connectivity index (χ1v) is 4.52. The Morgan fingerprint density at radius 2 is 1.50 bits per heavy atom. The molecule has 0 fully saturated rings. The fraction of sp³-hybridized carbons (Fsp3) is 0.400. The second kappa shape index (κ2) is 3.33. The molecule has 0 radical (unpaired) electrons. The van der Waals surface area contributed by atoms with E-state index in [1.165, 1.54) is 6.07 Å². The largest absolute Gasteiger partial charge is 0.509 e. The molecule has 78 valence electrons. The van der Waals surface area contributed by atoms with Gasteiger partial charge in [0.15, 0.2) is 0 Å². The van der Waals surface area contributed by atoms with Gasteiger partial charge in [-0.3, -0.25) is 0 Å². The normalized spacial score (nSPS) is 13.0. The molecule has 4 heteroatoms. The second-order valence-corrected chi connectivity index (χ2v) is 4.41. The van der Waals surface area contributed by atoms with Gasteiger partial charge >= 0.3 is 6.98 Å². The van der Waals surface area contributed by atoms with Gasteiger partial charge in [-0.1, -0.05) is 50.6 Å². The molecule has 0 spiro atoms. The Morgan fingerprint density at radius 1 is 1.00 bits per heavy atom. The van der Waals surface area contributed by atoms with Crippen LogP contribution in [0.25, 0.3) is 0 Å². The van der Waals surface area contributed by atoms with Gasteiger partial charge in [-0.25, -0.2) is 0 Å². The summed E-state index contributed by atoms with van der Waals surface area (Å²) in [7, 11) is 0. The summed E-state index contributed by atoms with van der Waals surface area (Å²) >= 11 is 0. The van der Waals surface area contributed by atoms with Crippen LogP contribution in [0.4, 0.5) is 12.9 Å². The topological polar surface area (TPSA) is 0 Å². The van der Waals surface area contributed by atoms with Gasteiger partial charge in [0.2, 0.25) is 0 Å². The van der Waals surface area contributed by atoms with E-state index in [-0.39, 0.29) is 0 Å². The van der Waals surface area contributed by atoms with Crippen LogP contribution in [-0.2, 0) is 5.41 Å². The van der Waals surface area contributed by atoms with Crippen molar-refractivity contribution in [3.8, 4) is 0 Å². The Labute approximate surface area is 82.2 Å². The molecule has 1 aromatic rings. The van der Waals surface area contributed by atoms with E-state index in [1.807, 2.05) is 0 Å². The summed E-state index contributed by atoms with van der Waals surface area (Å²) in [6.45, 7) is 0.454. The van der Waals surface area contributed by atoms with E-state index in [0.717, 1.165) is 6.07 Å². The molecule has 0 saturated carbocycles. The number of benzene rings is 1. The molecule has 0 atom stereocenters. The molecule has 14 heavy (non-hydrogen) atoms. The summed E-state index contributed by atoms with van der Waals surface area (Å²) < 4.78 is 37.9. The maximum absolute atomic E-state index is 12.6. The van der Waals surface area contributed by atoms with Crippen LogP contribution in [0.15, 0.2) is 24.3 Å². The van der Waals surface area contributed by atoms with Crippen molar-refractivity contribution in [2.75, 3.05) is 0 Å². The lowest BCUT2D eigenvalue weighted by atomic mass is 9.70. The van der Waals surface area contributed by atoms with Crippen LogP contribution < -0.4 is 5.46 Å². The summed E-state index contributed by atoms with van der Waals surface area (Å²) in [4.78, 5) is 0. The number of hydrogen-bond donors (Lipinski definition) is 0. The highest BCUT2D eigenvalue weighted by Crippen LogP contribution is 2.23. The molecule has 0 aliphatic carbocycles. The first-order chi connectivity index (χ1) is 6.23. The third-order valence-corrected chi connectivity index (χ3v) is 2.12. The van der Waals surface area contributed by atoms with Crippen molar-refractivity contribution in [1.29, 1.82) is 0 Å². The SMILES string of the molecule is CC(C)(C)c1ccccc1[B-](F)(F)F. The Morgan fingerprint density at radius 3 is 1.86 bits per heavy atom. The summed E-state index contributed by atoms with van der Waals surface area (Å²) in [6, 6.07) is 5.77. The van der Waals surface area contributed by atoms with Gasteiger partial charge in [0.1, 0.15) is 0 Å². The molecule has 0 N–H and O–H groups in total. The van der Waals surface area contributed by atoms with Crippen molar-refractivity contribution >= 4 is 12.4 Å². The monoisotopic (exact) mass is 201 g/mol. The Bertz CT molecular complexity index is 290. The second-order valence-electron chi connectivity index (χ2n) is 4.41. The minimum Gasteiger partial charge on any atom is -0.445 e. The smallest absolute Gasteiger partial charge is 0.445 e. The highest BCUT2D eigenvalue weighted by Gasteiger charge is 2.31. The Balaban J connectivity index is 3.31. The quantitative estimate of drug-likeness (QED) is 0.612. The standard InChI is InChI=1S/C10H13BF3/c1-10(2,3)8-6-4-5-7-9(8)11(12,13)14/h4-7H,1-3H3/q-1. The van der Waals surface area contributed by atoms with Gasteiger partial charge in [0.25, 0.3) is 0 Å². The zero-order chi connectivity index (χ0) is 11.0. The lowest BCUT2D eigenvalue weighted by molar-refractivity contribution is 0.495. The number of halogens is 3. The van der Waals surface area contributed by atoms with E-state index >= 15 is 0 Å². The molecule has 0 bridgehead atoms. The van der Waals surface area contributed by atoms with Crippen LogP contribution in [0.3, 0.4) is 0 Å². The molecule has 0 aliphatic rings. The van der Waals surface area contributed by atoms with Crippen LogP contribution in [0, 0.1) is 0 Å².